The number of halogens is 3. The predicted molar refractivity (Wildman–Crippen MR) is 140 cm³/mol. The fourth-order valence-corrected chi connectivity index (χ4v) is 5.12. The molecule has 0 saturated carbocycles. The number of benzene rings is 3. The molecule has 0 unspecified atom stereocenters. The third kappa shape index (κ3) is 5.35. The van der Waals surface area contributed by atoms with Gasteiger partial charge in [-0.25, -0.2) is 0 Å². The summed E-state index contributed by atoms with van der Waals surface area (Å²) in [5.74, 6) is -0.496. The van der Waals surface area contributed by atoms with Crippen molar-refractivity contribution in [3.8, 4) is 5.75 Å². The Morgan fingerprint density at radius 3 is 2.36 bits per heavy atom. The summed E-state index contributed by atoms with van der Waals surface area (Å²) in [4.78, 5) is 27.0. The van der Waals surface area contributed by atoms with Crippen LogP contribution in [0.15, 0.2) is 81.2 Å². The van der Waals surface area contributed by atoms with E-state index in [4.69, 9.17) is 28.6 Å². The number of amides is 2. The first kappa shape index (κ1) is 23.6. The summed E-state index contributed by atoms with van der Waals surface area (Å²) >= 11 is 18.3. The molecule has 166 valence electrons. The van der Waals surface area contributed by atoms with Gasteiger partial charge in [-0.1, -0.05) is 48.0 Å². The summed E-state index contributed by atoms with van der Waals surface area (Å²) in [6.45, 7) is 0.394. The number of thiocarbonyl (C=S) groups is 1. The molecule has 0 aliphatic carbocycles. The van der Waals surface area contributed by atoms with Gasteiger partial charge in [-0.2, -0.15) is 0 Å². The molecule has 3 aromatic rings. The number of ether oxygens (including phenoxy) is 1. The Labute approximate surface area is 217 Å². The molecule has 33 heavy (non-hydrogen) atoms. The maximum atomic E-state index is 13.2. The second kappa shape index (κ2) is 10.2. The highest BCUT2D eigenvalue weighted by molar-refractivity contribution is 9.11. The first-order valence-electron chi connectivity index (χ1n) is 9.66. The molecule has 1 heterocycles. The normalized spacial score (nSPS) is 15.1. The number of anilines is 1. The lowest BCUT2D eigenvalue weighted by molar-refractivity contribution is -0.122. The van der Waals surface area contributed by atoms with Crippen LogP contribution in [0.1, 0.15) is 11.1 Å². The van der Waals surface area contributed by atoms with Gasteiger partial charge in [-0.15, -0.1) is 0 Å². The van der Waals surface area contributed by atoms with E-state index < -0.39 is 11.8 Å². The van der Waals surface area contributed by atoms with Crippen molar-refractivity contribution in [1.82, 2.24) is 5.32 Å². The quantitative estimate of drug-likeness (QED) is 0.211. The molecular weight excluding hydrogens is 592 g/mol. The molecule has 1 aliphatic heterocycles. The Morgan fingerprint density at radius 2 is 1.70 bits per heavy atom. The molecule has 0 spiro atoms. The van der Waals surface area contributed by atoms with E-state index in [0.29, 0.717) is 37.6 Å². The van der Waals surface area contributed by atoms with E-state index in [2.05, 4.69) is 37.2 Å². The molecule has 2 amide bonds. The first-order valence-corrected chi connectivity index (χ1v) is 12.0. The van der Waals surface area contributed by atoms with E-state index in [0.717, 1.165) is 5.56 Å². The highest BCUT2D eigenvalue weighted by Crippen LogP contribution is 2.36. The highest BCUT2D eigenvalue weighted by atomic mass is 79.9. The topological polar surface area (TPSA) is 58.6 Å². The number of rotatable bonds is 5. The zero-order valence-corrected chi connectivity index (χ0v) is 21.6. The van der Waals surface area contributed by atoms with E-state index in [9.17, 15) is 9.59 Å². The van der Waals surface area contributed by atoms with Crippen LogP contribution in [-0.2, 0) is 16.2 Å². The second-order valence-corrected chi connectivity index (χ2v) is 9.56. The van der Waals surface area contributed by atoms with Gasteiger partial charge in [0.05, 0.1) is 14.6 Å². The van der Waals surface area contributed by atoms with E-state index in [-0.39, 0.29) is 10.7 Å². The minimum Gasteiger partial charge on any atom is -0.487 e. The van der Waals surface area contributed by atoms with Gasteiger partial charge in [0.15, 0.2) is 5.11 Å². The van der Waals surface area contributed by atoms with Crippen LogP contribution < -0.4 is 15.0 Å². The Balaban J connectivity index is 1.62. The molecule has 4 rings (SSSR count). The molecule has 5 nitrogen and oxygen atoms in total. The molecule has 1 aliphatic rings. The summed E-state index contributed by atoms with van der Waals surface area (Å²) < 4.78 is 7.29. The Bertz CT molecular complexity index is 1270. The van der Waals surface area contributed by atoms with Crippen molar-refractivity contribution in [3.63, 3.8) is 0 Å². The van der Waals surface area contributed by atoms with Crippen LogP contribution in [-0.4, -0.2) is 16.9 Å². The fourth-order valence-electron chi connectivity index (χ4n) is 3.20. The smallest absolute Gasteiger partial charge is 0.270 e. The Kier molecular flexibility index (Phi) is 7.29. The minimum absolute atomic E-state index is 0.00330. The van der Waals surface area contributed by atoms with Gasteiger partial charge >= 0.3 is 0 Å². The summed E-state index contributed by atoms with van der Waals surface area (Å²) in [7, 11) is 0. The molecule has 0 radical (unpaired) electrons. The van der Waals surface area contributed by atoms with Gasteiger partial charge in [-0.05, 0) is 91.6 Å². The molecule has 1 N–H and O–H groups in total. The van der Waals surface area contributed by atoms with Crippen LogP contribution in [0.3, 0.4) is 0 Å². The summed E-state index contributed by atoms with van der Waals surface area (Å²) in [5.41, 5.74) is 2.07. The summed E-state index contributed by atoms with van der Waals surface area (Å²) in [6, 6.07) is 20.0. The molecule has 1 saturated heterocycles. The third-order valence-electron chi connectivity index (χ3n) is 4.73. The number of carbonyl (C=O) groups is 2. The highest BCUT2D eigenvalue weighted by Gasteiger charge is 2.34. The maximum Gasteiger partial charge on any atom is 0.270 e. The van der Waals surface area contributed by atoms with E-state index in [1.54, 1.807) is 36.4 Å². The lowest BCUT2D eigenvalue weighted by Gasteiger charge is -2.29. The number of carbonyl (C=O) groups excluding carboxylic acids is 2. The minimum atomic E-state index is -0.570. The van der Waals surface area contributed by atoms with Crippen LogP contribution in [0.25, 0.3) is 6.08 Å². The van der Waals surface area contributed by atoms with Gasteiger partial charge in [0.1, 0.15) is 17.9 Å². The molecular formula is C24H15Br2ClN2O3S. The predicted octanol–water partition coefficient (Wildman–Crippen LogP) is 6.28. The van der Waals surface area contributed by atoms with Gasteiger partial charge in [0.2, 0.25) is 0 Å². The van der Waals surface area contributed by atoms with Gasteiger partial charge in [0.25, 0.3) is 11.8 Å². The van der Waals surface area contributed by atoms with Gasteiger partial charge in [-0.3, -0.25) is 19.8 Å². The van der Waals surface area contributed by atoms with E-state index in [1.807, 2.05) is 30.3 Å². The van der Waals surface area contributed by atoms with Crippen molar-refractivity contribution in [2.75, 3.05) is 4.90 Å². The van der Waals surface area contributed by atoms with Crippen molar-refractivity contribution in [2.45, 2.75) is 6.61 Å². The van der Waals surface area contributed by atoms with Gasteiger partial charge in [0, 0.05) is 5.02 Å². The summed E-state index contributed by atoms with van der Waals surface area (Å²) in [5, 5.41) is 3.01. The fraction of sp³-hybridized carbons (Fsp3) is 0.0417. The molecule has 0 atom stereocenters. The van der Waals surface area contributed by atoms with Gasteiger partial charge < -0.3 is 4.74 Å². The molecule has 3 aromatic carbocycles. The molecule has 0 bridgehead atoms. The van der Waals surface area contributed by atoms with E-state index >= 15 is 0 Å². The summed E-state index contributed by atoms with van der Waals surface area (Å²) in [6.07, 6.45) is 1.51. The zero-order chi connectivity index (χ0) is 23.5. The lowest BCUT2D eigenvalue weighted by atomic mass is 10.1. The maximum absolute atomic E-state index is 13.2. The van der Waals surface area contributed by atoms with Crippen molar-refractivity contribution in [1.29, 1.82) is 0 Å². The Hall–Kier alpha value is -2.52. The van der Waals surface area contributed by atoms with Crippen LogP contribution in [0.4, 0.5) is 5.69 Å². The van der Waals surface area contributed by atoms with Crippen LogP contribution in [0.5, 0.6) is 5.75 Å². The second-order valence-electron chi connectivity index (χ2n) is 7.03. The number of nitrogens with one attached hydrogen (secondary N) is 1. The molecule has 9 heteroatoms. The monoisotopic (exact) mass is 604 g/mol. The standard InChI is InChI=1S/C24H15Br2ClN2O3S/c25-19-10-15(11-20(26)21(19)32-13-14-5-2-1-3-6-14)9-18-22(30)28-24(33)29(23(18)31)17-8-4-7-16(27)12-17/h1-12H,13H2,(H,28,30,33)/b18-9+. The van der Waals surface area contributed by atoms with Crippen molar-refractivity contribution in [2.24, 2.45) is 0 Å². The average molecular weight is 607 g/mol. The number of nitrogens with zero attached hydrogens (tertiary/aromatic N) is 1. The van der Waals surface area contributed by atoms with Crippen molar-refractivity contribution >= 4 is 84.4 Å². The zero-order valence-electron chi connectivity index (χ0n) is 16.8. The van der Waals surface area contributed by atoms with Crippen LogP contribution in [0.2, 0.25) is 5.02 Å². The van der Waals surface area contributed by atoms with Crippen LogP contribution in [0, 0.1) is 0 Å². The first-order chi connectivity index (χ1) is 15.8. The SMILES string of the molecule is O=C1NC(=S)N(c2cccc(Cl)c2)C(=O)/C1=C/c1cc(Br)c(OCc2ccccc2)c(Br)c1. The average Bonchev–Trinajstić information content (AvgIpc) is 2.77. The van der Waals surface area contributed by atoms with Crippen molar-refractivity contribution < 1.29 is 14.3 Å². The van der Waals surface area contributed by atoms with Crippen molar-refractivity contribution in [3.05, 3.63) is 97.4 Å². The number of hydrogen-bond acceptors (Lipinski definition) is 4. The van der Waals surface area contributed by atoms with E-state index in [1.165, 1.54) is 11.0 Å². The largest absolute Gasteiger partial charge is 0.487 e. The molecule has 0 aromatic heterocycles. The lowest BCUT2D eigenvalue weighted by Crippen LogP contribution is -2.54. The third-order valence-corrected chi connectivity index (χ3v) is 6.42. The Morgan fingerprint density at radius 1 is 1.00 bits per heavy atom. The number of hydrogen-bond donors (Lipinski definition) is 1. The van der Waals surface area contributed by atoms with Crippen LogP contribution >= 0.6 is 55.7 Å². The molecule has 1 fully saturated rings.